The fourth-order valence-corrected chi connectivity index (χ4v) is 1.72. The smallest absolute Gasteiger partial charge is 0.119 e. The Bertz CT molecular complexity index is 351. The van der Waals surface area contributed by atoms with Crippen LogP contribution in [0.15, 0.2) is 18.2 Å². The van der Waals surface area contributed by atoms with E-state index < -0.39 is 12.1 Å². The van der Waals surface area contributed by atoms with Crippen molar-refractivity contribution in [3.63, 3.8) is 0 Å². The third-order valence-electron chi connectivity index (χ3n) is 2.76. The number of rotatable bonds is 5. The minimum Gasteiger partial charge on any atom is -0.508 e. The van der Waals surface area contributed by atoms with Gasteiger partial charge in [-0.15, -0.1) is 12.4 Å². The van der Waals surface area contributed by atoms with Gasteiger partial charge < -0.3 is 21.1 Å². The summed E-state index contributed by atoms with van der Waals surface area (Å²) in [6.07, 6.45) is 0.827. The molecule has 0 aliphatic rings. The predicted octanol–water partition coefficient (Wildman–Crippen LogP) is 2.32. The molecule has 0 aromatic heterocycles. The van der Waals surface area contributed by atoms with Crippen LogP contribution in [-0.4, -0.2) is 21.4 Å². The van der Waals surface area contributed by atoms with Gasteiger partial charge in [0.2, 0.25) is 0 Å². The Morgan fingerprint density at radius 3 is 2.00 bits per heavy atom. The molecule has 0 spiro atoms. The first-order valence-electron chi connectivity index (χ1n) is 5.86. The second-order valence-corrected chi connectivity index (χ2v) is 4.85. The van der Waals surface area contributed by atoms with E-state index in [1.807, 2.05) is 0 Å². The van der Waals surface area contributed by atoms with Gasteiger partial charge in [-0.2, -0.15) is 0 Å². The molecule has 0 amide bonds. The van der Waals surface area contributed by atoms with Crippen molar-refractivity contribution in [2.75, 3.05) is 0 Å². The molecule has 0 radical (unpaired) electrons. The minimum atomic E-state index is -0.668. The number of hydrogen-bond donors (Lipinski definition) is 4. The van der Waals surface area contributed by atoms with E-state index in [9.17, 15) is 15.3 Å². The van der Waals surface area contributed by atoms with Crippen molar-refractivity contribution >= 4 is 12.4 Å². The highest BCUT2D eigenvalue weighted by molar-refractivity contribution is 5.85. The summed E-state index contributed by atoms with van der Waals surface area (Å²) in [6.45, 7) is 4.16. The second kappa shape index (κ2) is 7.46. The number of phenols is 2. The van der Waals surface area contributed by atoms with Gasteiger partial charge in [-0.25, -0.2) is 0 Å². The average molecular weight is 276 g/mol. The van der Waals surface area contributed by atoms with Gasteiger partial charge in [-0.3, -0.25) is 0 Å². The lowest BCUT2D eigenvalue weighted by Crippen LogP contribution is -2.26. The normalized spacial score (nSPS) is 14.1. The monoisotopic (exact) mass is 275 g/mol. The van der Waals surface area contributed by atoms with Gasteiger partial charge in [0.15, 0.2) is 0 Å². The van der Waals surface area contributed by atoms with Crippen LogP contribution in [0, 0.1) is 5.92 Å². The zero-order valence-corrected chi connectivity index (χ0v) is 11.5. The van der Waals surface area contributed by atoms with Crippen LogP contribution < -0.4 is 5.73 Å². The van der Waals surface area contributed by atoms with Gasteiger partial charge in [-0.05, 0) is 36.5 Å². The Kier molecular flexibility index (Phi) is 7.06. The van der Waals surface area contributed by atoms with Crippen LogP contribution in [0.4, 0.5) is 0 Å². The number of aliphatic hydroxyl groups excluding tert-OH is 1. The predicted molar refractivity (Wildman–Crippen MR) is 74.0 cm³/mol. The summed E-state index contributed by atoms with van der Waals surface area (Å²) >= 11 is 0. The lowest BCUT2D eigenvalue weighted by molar-refractivity contribution is 0.128. The summed E-state index contributed by atoms with van der Waals surface area (Å²) in [4.78, 5) is 0. The third-order valence-corrected chi connectivity index (χ3v) is 2.76. The van der Waals surface area contributed by atoms with Crippen molar-refractivity contribution in [3.8, 4) is 11.5 Å². The number of halogens is 1. The number of benzene rings is 1. The first-order valence-corrected chi connectivity index (χ1v) is 5.86. The lowest BCUT2D eigenvalue weighted by atomic mass is 9.96. The van der Waals surface area contributed by atoms with Gasteiger partial charge in [0.05, 0.1) is 12.1 Å². The van der Waals surface area contributed by atoms with Gasteiger partial charge in [0.25, 0.3) is 0 Å². The van der Waals surface area contributed by atoms with Crippen LogP contribution >= 0.6 is 12.4 Å². The van der Waals surface area contributed by atoms with Crippen LogP contribution in [0.5, 0.6) is 11.5 Å². The van der Waals surface area contributed by atoms with Crippen molar-refractivity contribution < 1.29 is 15.3 Å². The molecule has 5 N–H and O–H groups in total. The van der Waals surface area contributed by atoms with Gasteiger partial charge in [0, 0.05) is 6.07 Å². The maximum atomic E-state index is 9.91. The van der Waals surface area contributed by atoms with E-state index >= 15 is 0 Å². The summed E-state index contributed by atoms with van der Waals surface area (Å²) in [5, 5.41) is 28.6. The molecule has 0 bridgehead atoms. The largest absolute Gasteiger partial charge is 0.508 e. The van der Waals surface area contributed by atoms with Crippen molar-refractivity contribution in [1.29, 1.82) is 0 Å². The van der Waals surface area contributed by atoms with Crippen molar-refractivity contribution in [3.05, 3.63) is 23.8 Å². The molecule has 0 heterocycles. The zero-order chi connectivity index (χ0) is 13.0. The van der Waals surface area contributed by atoms with E-state index in [4.69, 9.17) is 5.73 Å². The highest BCUT2D eigenvalue weighted by atomic mass is 35.5. The molecular formula is C13H22ClNO3. The van der Waals surface area contributed by atoms with E-state index in [1.54, 1.807) is 0 Å². The molecule has 0 saturated heterocycles. The van der Waals surface area contributed by atoms with Crippen LogP contribution in [0.2, 0.25) is 0 Å². The number of aromatic hydroxyl groups is 2. The topological polar surface area (TPSA) is 86.7 Å². The number of phenolic OH excluding ortho intramolecular Hbond substituents is 2. The number of nitrogens with two attached hydrogens (primary N) is 1. The van der Waals surface area contributed by atoms with E-state index in [-0.39, 0.29) is 23.9 Å². The fourth-order valence-electron chi connectivity index (χ4n) is 1.72. The van der Waals surface area contributed by atoms with Crippen LogP contribution in [0.1, 0.15) is 38.3 Å². The highest BCUT2D eigenvalue weighted by Gasteiger charge is 2.18. The molecule has 18 heavy (non-hydrogen) atoms. The first-order chi connectivity index (χ1) is 7.90. The van der Waals surface area contributed by atoms with E-state index in [2.05, 4.69) is 13.8 Å². The fraction of sp³-hybridized carbons (Fsp3) is 0.538. The maximum absolute atomic E-state index is 9.91. The quantitative estimate of drug-likeness (QED) is 0.664. The van der Waals surface area contributed by atoms with Gasteiger partial charge in [-0.1, -0.05) is 13.8 Å². The highest BCUT2D eigenvalue weighted by Crippen LogP contribution is 2.26. The average Bonchev–Trinajstić information content (AvgIpc) is 2.23. The molecule has 1 rings (SSSR count). The molecule has 2 atom stereocenters. The SMILES string of the molecule is CC(C)CC[C@H](O)[C@H](N)c1cc(O)cc(O)c1.Cl. The van der Waals surface area contributed by atoms with Crippen molar-refractivity contribution in [1.82, 2.24) is 0 Å². The molecule has 0 unspecified atom stereocenters. The summed E-state index contributed by atoms with van der Waals surface area (Å²) < 4.78 is 0. The summed E-state index contributed by atoms with van der Waals surface area (Å²) in [6, 6.07) is 3.56. The van der Waals surface area contributed by atoms with Crippen molar-refractivity contribution in [2.45, 2.75) is 38.8 Å². The molecule has 0 saturated carbocycles. The number of hydrogen-bond acceptors (Lipinski definition) is 4. The first kappa shape index (κ1) is 17.0. The maximum Gasteiger partial charge on any atom is 0.119 e. The standard InChI is InChI=1S/C13H21NO3.ClH/c1-8(2)3-4-12(17)13(14)9-5-10(15)7-11(16)6-9;/h5-8,12-13,15-17H,3-4,14H2,1-2H3;1H/t12-,13+;/m0./s1. The molecule has 1 aromatic rings. The second-order valence-electron chi connectivity index (χ2n) is 4.85. The molecule has 104 valence electrons. The molecular weight excluding hydrogens is 254 g/mol. The van der Waals surface area contributed by atoms with Crippen molar-refractivity contribution in [2.24, 2.45) is 11.7 Å². The Hall–Kier alpha value is -0.970. The summed E-state index contributed by atoms with van der Waals surface area (Å²) in [5.74, 6) is 0.410. The molecule has 4 nitrogen and oxygen atoms in total. The lowest BCUT2D eigenvalue weighted by Gasteiger charge is -2.20. The Balaban J connectivity index is 0.00000289. The van der Waals surface area contributed by atoms with E-state index in [0.717, 1.165) is 6.42 Å². The number of aliphatic hydroxyl groups is 1. The van der Waals surface area contributed by atoms with Crippen LogP contribution in [-0.2, 0) is 0 Å². The van der Waals surface area contributed by atoms with Gasteiger partial charge in [0.1, 0.15) is 11.5 Å². The van der Waals surface area contributed by atoms with E-state index in [1.165, 1.54) is 18.2 Å². The summed E-state index contributed by atoms with van der Waals surface area (Å²) in [5.41, 5.74) is 6.43. The molecule has 1 aromatic carbocycles. The molecule has 0 aliphatic carbocycles. The van der Waals surface area contributed by atoms with Crippen LogP contribution in [0.25, 0.3) is 0 Å². The third kappa shape index (κ3) is 5.12. The molecule has 0 fully saturated rings. The summed E-state index contributed by atoms with van der Waals surface area (Å²) in [7, 11) is 0. The van der Waals surface area contributed by atoms with Gasteiger partial charge >= 0.3 is 0 Å². The van der Waals surface area contributed by atoms with Crippen LogP contribution in [0.3, 0.4) is 0 Å². The Morgan fingerprint density at radius 1 is 1.06 bits per heavy atom. The minimum absolute atomic E-state index is 0. The zero-order valence-electron chi connectivity index (χ0n) is 10.7. The molecule has 0 aliphatic heterocycles. The Morgan fingerprint density at radius 2 is 1.56 bits per heavy atom. The van der Waals surface area contributed by atoms with E-state index in [0.29, 0.717) is 17.9 Å². The Labute approximate surface area is 114 Å². The molecule has 5 heteroatoms.